The van der Waals surface area contributed by atoms with Gasteiger partial charge in [0.05, 0.1) is 26.9 Å². The third-order valence-corrected chi connectivity index (χ3v) is 3.85. The summed E-state index contributed by atoms with van der Waals surface area (Å²) in [5.74, 6) is 2.57. The molecule has 0 amide bonds. The fraction of sp³-hybridized carbons (Fsp3) is 0.429. The third-order valence-electron chi connectivity index (χ3n) is 3.85. The first-order valence-electron chi connectivity index (χ1n) is 9.63. The van der Waals surface area contributed by atoms with Gasteiger partial charge in [0, 0.05) is 37.2 Å². The van der Waals surface area contributed by atoms with Gasteiger partial charge in [-0.2, -0.15) is 0 Å². The predicted octanol–water partition coefficient (Wildman–Crippen LogP) is 3.09. The summed E-state index contributed by atoms with van der Waals surface area (Å²) in [6.07, 6.45) is 1.70. The molecule has 1 aromatic carbocycles. The first-order chi connectivity index (χ1) is 14.2. The van der Waals surface area contributed by atoms with Gasteiger partial charge in [-0.05, 0) is 32.0 Å². The second-order valence-corrected chi connectivity index (χ2v) is 5.93. The molecule has 0 saturated carbocycles. The van der Waals surface area contributed by atoms with Crippen LogP contribution in [-0.4, -0.2) is 51.5 Å². The minimum atomic E-state index is 0.417. The minimum absolute atomic E-state index is 0.417. The molecule has 158 valence electrons. The van der Waals surface area contributed by atoms with Crippen LogP contribution in [0.4, 0.5) is 5.69 Å². The molecule has 2 aromatic rings. The molecule has 0 aliphatic carbocycles. The molecule has 2 rings (SSSR count). The summed E-state index contributed by atoms with van der Waals surface area (Å²) in [5, 5.41) is 6.53. The highest BCUT2D eigenvalue weighted by Gasteiger charge is 2.08. The number of nitrogens with zero attached hydrogens (tertiary/aromatic N) is 2. The van der Waals surface area contributed by atoms with Crippen molar-refractivity contribution in [3.8, 4) is 17.4 Å². The topological polar surface area (TPSA) is 86.2 Å². The van der Waals surface area contributed by atoms with E-state index >= 15 is 0 Å². The van der Waals surface area contributed by atoms with E-state index in [0.717, 1.165) is 17.8 Å². The molecule has 0 fully saturated rings. The molecule has 0 bridgehead atoms. The summed E-state index contributed by atoms with van der Waals surface area (Å²) in [6.45, 7) is 6.59. The van der Waals surface area contributed by atoms with Gasteiger partial charge in [-0.25, -0.2) is 9.98 Å². The number of pyridine rings is 1. The Balaban J connectivity index is 2.14. The summed E-state index contributed by atoms with van der Waals surface area (Å²) in [7, 11) is 3.26. The van der Waals surface area contributed by atoms with Gasteiger partial charge < -0.3 is 29.6 Å². The van der Waals surface area contributed by atoms with Crippen molar-refractivity contribution in [3.63, 3.8) is 0 Å². The summed E-state index contributed by atoms with van der Waals surface area (Å²) in [4.78, 5) is 8.95. The van der Waals surface area contributed by atoms with E-state index in [9.17, 15) is 0 Å². The molecule has 0 saturated heterocycles. The zero-order chi connectivity index (χ0) is 20.9. The number of methoxy groups -OCH3 is 2. The number of hydrogen-bond acceptors (Lipinski definition) is 6. The lowest BCUT2D eigenvalue weighted by molar-refractivity contribution is 0.143. The summed E-state index contributed by atoms with van der Waals surface area (Å²) < 4.78 is 21.7. The normalized spacial score (nSPS) is 11.1. The number of nitrogens with one attached hydrogen (secondary N) is 2. The SMILES string of the molecule is CCNC(=NCc1cccnc1OCCOC)Nc1ccc(OC)c(OCC)c1. The van der Waals surface area contributed by atoms with Crippen molar-refractivity contribution < 1.29 is 18.9 Å². The number of benzene rings is 1. The smallest absolute Gasteiger partial charge is 0.218 e. The van der Waals surface area contributed by atoms with Crippen LogP contribution in [0.25, 0.3) is 0 Å². The van der Waals surface area contributed by atoms with Gasteiger partial charge in [0.15, 0.2) is 17.5 Å². The molecule has 0 spiro atoms. The van der Waals surface area contributed by atoms with Crippen molar-refractivity contribution in [2.45, 2.75) is 20.4 Å². The van der Waals surface area contributed by atoms with Crippen LogP contribution >= 0.6 is 0 Å². The fourth-order valence-corrected chi connectivity index (χ4v) is 2.53. The average Bonchev–Trinajstić information content (AvgIpc) is 2.74. The van der Waals surface area contributed by atoms with Gasteiger partial charge in [0.25, 0.3) is 0 Å². The number of rotatable bonds is 11. The van der Waals surface area contributed by atoms with Crippen molar-refractivity contribution in [1.29, 1.82) is 0 Å². The molecular weight excluding hydrogens is 372 g/mol. The van der Waals surface area contributed by atoms with E-state index in [1.165, 1.54) is 0 Å². The molecule has 0 unspecified atom stereocenters. The zero-order valence-corrected chi connectivity index (χ0v) is 17.5. The Bertz CT molecular complexity index is 783. The molecule has 8 heteroatoms. The predicted molar refractivity (Wildman–Crippen MR) is 114 cm³/mol. The number of hydrogen-bond donors (Lipinski definition) is 2. The number of guanidine groups is 1. The molecule has 0 aliphatic rings. The lowest BCUT2D eigenvalue weighted by atomic mass is 10.2. The Morgan fingerprint density at radius 1 is 1.07 bits per heavy atom. The van der Waals surface area contributed by atoms with Crippen LogP contribution in [0.15, 0.2) is 41.5 Å². The van der Waals surface area contributed by atoms with E-state index in [-0.39, 0.29) is 0 Å². The van der Waals surface area contributed by atoms with E-state index in [0.29, 0.717) is 49.7 Å². The molecule has 2 N–H and O–H groups in total. The number of aliphatic imine (C=N–C) groups is 1. The maximum Gasteiger partial charge on any atom is 0.218 e. The molecule has 0 atom stereocenters. The maximum absolute atomic E-state index is 5.68. The van der Waals surface area contributed by atoms with Crippen LogP contribution < -0.4 is 24.8 Å². The second-order valence-electron chi connectivity index (χ2n) is 5.93. The van der Waals surface area contributed by atoms with Crippen molar-refractivity contribution in [2.75, 3.05) is 45.9 Å². The Hall–Kier alpha value is -3.00. The summed E-state index contributed by atoms with van der Waals surface area (Å²) >= 11 is 0. The highest BCUT2D eigenvalue weighted by Crippen LogP contribution is 2.30. The van der Waals surface area contributed by atoms with Crippen molar-refractivity contribution in [1.82, 2.24) is 10.3 Å². The van der Waals surface area contributed by atoms with E-state index in [1.807, 2.05) is 44.2 Å². The molecule has 1 heterocycles. The second kappa shape index (κ2) is 12.5. The average molecular weight is 402 g/mol. The quantitative estimate of drug-likeness (QED) is 0.339. The molecule has 8 nitrogen and oxygen atoms in total. The number of anilines is 1. The first kappa shape index (κ1) is 22.3. The molecule has 0 aliphatic heterocycles. The Morgan fingerprint density at radius 2 is 1.93 bits per heavy atom. The minimum Gasteiger partial charge on any atom is -0.493 e. The van der Waals surface area contributed by atoms with Gasteiger partial charge in [0.1, 0.15) is 6.61 Å². The standard InChI is InChI=1S/C21H30N4O4/c1-5-22-21(25-17-9-10-18(27-4)19(14-17)28-6-2)24-15-16-8-7-11-23-20(16)29-13-12-26-3/h7-11,14H,5-6,12-13,15H2,1-4H3,(H2,22,24,25). The number of ether oxygens (including phenoxy) is 4. The van der Waals surface area contributed by atoms with E-state index < -0.39 is 0 Å². The van der Waals surface area contributed by atoms with Gasteiger partial charge in [-0.15, -0.1) is 0 Å². The van der Waals surface area contributed by atoms with E-state index in [4.69, 9.17) is 18.9 Å². The van der Waals surface area contributed by atoms with Crippen molar-refractivity contribution in [2.24, 2.45) is 4.99 Å². The van der Waals surface area contributed by atoms with Crippen molar-refractivity contribution >= 4 is 11.6 Å². The van der Waals surface area contributed by atoms with Crippen LogP contribution in [0.1, 0.15) is 19.4 Å². The molecule has 0 radical (unpaired) electrons. The van der Waals surface area contributed by atoms with Crippen LogP contribution in [0.5, 0.6) is 17.4 Å². The largest absolute Gasteiger partial charge is 0.493 e. The van der Waals surface area contributed by atoms with Crippen LogP contribution in [0, 0.1) is 0 Å². The Kier molecular flexibility index (Phi) is 9.57. The molecule has 1 aromatic heterocycles. The van der Waals surface area contributed by atoms with E-state index in [1.54, 1.807) is 20.4 Å². The lowest BCUT2D eigenvalue weighted by Gasteiger charge is -2.15. The van der Waals surface area contributed by atoms with Gasteiger partial charge in [-0.1, -0.05) is 6.07 Å². The molecule has 29 heavy (non-hydrogen) atoms. The highest BCUT2D eigenvalue weighted by atomic mass is 16.5. The Morgan fingerprint density at radius 3 is 2.66 bits per heavy atom. The van der Waals surface area contributed by atoms with E-state index in [2.05, 4.69) is 20.6 Å². The van der Waals surface area contributed by atoms with Crippen LogP contribution in [0.2, 0.25) is 0 Å². The van der Waals surface area contributed by atoms with Gasteiger partial charge >= 0.3 is 0 Å². The number of aromatic nitrogens is 1. The zero-order valence-electron chi connectivity index (χ0n) is 17.5. The maximum atomic E-state index is 5.68. The Labute approximate surface area is 172 Å². The van der Waals surface area contributed by atoms with Gasteiger partial charge in [0.2, 0.25) is 5.88 Å². The van der Waals surface area contributed by atoms with Gasteiger partial charge in [-0.3, -0.25) is 0 Å². The van der Waals surface area contributed by atoms with Crippen LogP contribution in [0.3, 0.4) is 0 Å². The molecular formula is C21H30N4O4. The summed E-state index contributed by atoms with van der Waals surface area (Å²) in [5.41, 5.74) is 1.74. The monoisotopic (exact) mass is 402 g/mol. The summed E-state index contributed by atoms with van der Waals surface area (Å²) in [6, 6.07) is 9.48. The van der Waals surface area contributed by atoms with Crippen molar-refractivity contribution in [3.05, 3.63) is 42.1 Å². The highest BCUT2D eigenvalue weighted by molar-refractivity contribution is 5.93. The third kappa shape index (κ3) is 7.15. The van der Waals surface area contributed by atoms with Crippen LogP contribution in [-0.2, 0) is 11.3 Å². The first-order valence-corrected chi connectivity index (χ1v) is 9.63. The fourth-order valence-electron chi connectivity index (χ4n) is 2.53. The lowest BCUT2D eigenvalue weighted by Crippen LogP contribution is -2.30.